The van der Waals surface area contributed by atoms with Crippen molar-refractivity contribution in [3.05, 3.63) is 82.8 Å². The number of fused-ring (bicyclic) bond motifs is 4. The third kappa shape index (κ3) is 5.05. The van der Waals surface area contributed by atoms with Gasteiger partial charge in [0.15, 0.2) is 6.61 Å². The minimum Gasteiger partial charge on any atom is -0.497 e. The van der Waals surface area contributed by atoms with Crippen LogP contribution in [0.25, 0.3) is 0 Å². The summed E-state index contributed by atoms with van der Waals surface area (Å²) >= 11 is 0. The zero-order valence-electron chi connectivity index (χ0n) is 20.0. The van der Waals surface area contributed by atoms with E-state index in [4.69, 9.17) is 9.47 Å². The van der Waals surface area contributed by atoms with E-state index in [2.05, 4.69) is 10.6 Å². The number of ether oxygens (including phenoxy) is 2. The number of para-hydroxylation sites is 1. The predicted octanol–water partition coefficient (Wildman–Crippen LogP) is 3.53. The molecule has 0 unspecified atom stereocenters. The van der Waals surface area contributed by atoms with E-state index in [1.807, 2.05) is 29.2 Å². The number of rotatable bonds is 6. The molecule has 1 fully saturated rings. The summed E-state index contributed by atoms with van der Waals surface area (Å²) < 4.78 is 12.4. The van der Waals surface area contributed by atoms with Gasteiger partial charge in [0.25, 0.3) is 11.5 Å². The molecule has 3 amide bonds. The van der Waals surface area contributed by atoms with Crippen molar-refractivity contribution in [3.63, 3.8) is 0 Å². The topological polar surface area (TPSA) is 102 Å². The molecule has 3 aromatic rings. The van der Waals surface area contributed by atoms with Crippen LogP contribution in [0.3, 0.4) is 0 Å². The van der Waals surface area contributed by atoms with E-state index >= 15 is 0 Å². The van der Waals surface area contributed by atoms with E-state index in [1.165, 1.54) is 0 Å². The highest BCUT2D eigenvalue weighted by Crippen LogP contribution is 2.35. The summed E-state index contributed by atoms with van der Waals surface area (Å²) in [4.78, 5) is 40.3. The highest BCUT2D eigenvalue weighted by Gasteiger charge is 2.36. The molecule has 1 aromatic heterocycles. The largest absolute Gasteiger partial charge is 0.497 e. The maximum absolute atomic E-state index is 13.2. The van der Waals surface area contributed by atoms with Gasteiger partial charge in [-0.3, -0.25) is 9.59 Å². The summed E-state index contributed by atoms with van der Waals surface area (Å²) in [5.41, 5.74) is 1.59. The number of nitrogens with one attached hydrogen (secondary N) is 2. The van der Waals surface area contributed by atoms with Crippen molar-refractivity contribution in [1.29, 1.82) is 0 Å². The van der Waals surface area contributed by atoms with Gasteiger partial charge in [-0.05, 0) is 60.9 Å². The number of hydrogen-bond acceptors (Lipinski definition) is 5. The Morgan fingerprint density at radius 2 is 1.69 bits per heavy atom. The van der Waals surface area contributed by atoms with Crippen LogP contribution >= 0.6 is 0 Å². The lowest BCUT2D eigenvalue weighted by molar-refractivity contribution is -0.118. The van der Waals surface area contributed by atoms with Crippen LogP contribution in [0.5, 0.6) is 11.5 Å². The Kier molecular flexibility index (Phi) is 6.62. The SMILES string of the molecule is COc1ccc(NC(=O)N2C[C@@H]3C[C@H](C2)c2ccc(NC(=O)COc4ccccc4)c(=O)n2C3)cc1. The van der Waals surface area contributed by atoms with E-state index in [0.29, 0.717) is 31.1 Å². The molecule has 9 nitrogen and oxygen atoms in total. The van der Waals surface area contributed by atoms with Crippen LogP contribution in [0, 0.1) is 5.92 Å². The number of pyridine rings is 1. The van der Waals surface area contributed by atoms with Crippen LogP contribution in [-0.2, 0) is 11.3 Å². The molecule has 2 atom stereocenters. The molecule has 2 aliphatic heterocycles. The third-order valence-corrected chi connectivity index (χ3v) is 6.62. The number of methoxy groups -OCH3 is 1. The van der Waals surface area contributed by atoms with Crippen molar-refractivity contribution in [2.24, 2.45) is 5.92 Å². The Hall–Kier alpha value is -4.27. The minimum atomic E-state index is -0.395. The van der Waals surface area contributed by atoms with E-state index in [0.717, 1.165) is 17.9 Å². The molecule has 0 aliphatic carbocycles. The number of nitrogens with zero attached hydrogens (tertiary/aromatic N) is 2. The molecule has 186 valence electrons. The number of amides is 3. The molecule has 2 aliphatic rings. The Morgan fingerprint density at radius 3 is 2.44 bits per heavy atom. The van der Waals surface area contributed by atoms with Gasteiger partial charge < -0.3 is 29.6 Å². The monoisotopic (exact) mass is 488 g/mol. The number of piperidine rings is 1. The maximum atomic E-state index is 13.2. The van der Waals surface area contributed by atoms with Crippen LogP contribution in [0.2, 0.25) is 0 Å². The van der Waals surface area contributed by atoms with Gasteiger partial charge in [0, 0.05) is 36.9 Å². The molecule has 9 heteroatoms. The first-order chi connectivity index (χ1) is 17.5. The number of aromatic nitrogens is 1. The van der Waals surface area contributed by atoms with E-state index in [9.17, 15) is 14.4 Å². The van der Waals surface area contributed by atoms with Crippen molar-refractivity contribution in [1.82, 2.24) is 9.47 Å². The maximum Gasteiger partial charge on any atom is 0.321 e. The zero-order chi connectivity index (χ0) is 25.1. The number of carbonyl (C=O) groups excluding carboxylic acids is 2. The number of urea groups is 1. The number of anilines is 2. The Morgan fingerprint density at radius 1 is 0.917 bits per heavy atom. The van der Waals surface area contributed by atoms with Gasteiger partial charge >= 0.3 is 6.03 Å². The second-order valence-corrected chi connectivity index (χ2v) is 9.10. The molecule has 0 spiro atoms. The second-order valence-electron chi connectivity index (χ2n) is 9.10. The number of likely N-dealkylation sites (tertiary alicyclic amines) is 1. The molecule has 2 N–H and O–H groups in total. The number of hydrogen-bond donors (Lipinski definition) is 2. The van der Waals surface area contributed by atoms with Crippen LogP contribution in [0.1, 0.15) is 18.0 Å². The Labute approximate surface area is 208 Å². The van der Waals surface area contributed by atoms with Gasteiger partial charge in [-0.25, -0.2) is 4.79 Å². The van der Waals surface area contributed by atoms with Crippen LogP contribution in [0.15, 0.2) is 71.5 Å². The summed E-state index contributed by atoms with van der Waals surface area (Å²) in [5, 5.41) is 5.62. The van der Waals surface area contributed by atoms with Crippen LogP contribution in [0.4, 0.5) is 16.2 Å². The number of benzene rings is 2. The van der Waals surface area contributed by atoms with Gasteiger partial charge in [0.1, 0.15) is 17.2 Å². The Balaban J connectivity index is 1.24. The summed E-state index contributed by atoms with van der Waals surface area (Å²) in [7, 11) is 1.60. The van der Waals surface area contributed by atoms with Crippen LogP contribution < -0.4 is 25.7 Å². The Bertz CT molecular complexity index is 1310. The van der Waals surface area contributed by atoms with Gasteiger partial charge in [-0.1, -0.05) is 18.2 Å². The first-order valence-corrected chi connectivity index (χ1v) is 11.9. The molecule has 5 rings (SSSR count). The first-order valence-electron chi connectivity index (χ1n) is 11.9. The molecule has 1 saturated heterocycles. The summed E-state index contributed by atoms with van der Waals surface area (Å²) in [6, 6.07) is 19.6. The van der Waals surface area contributed by atoms with Crippen molar-refractivity contribution in [2.45, 2.75) is 18.9 Å². The number of carbonyl (C=O) groups is 2. The fourth-order valence-corrected chi connectivity index (χ4v) is 4.94. The van der Waals surface area contributed by atoms with Crippen molar-refractivity contribution >= 4 is 23.3 Å². The summed E-state index contributed by atoms with van der Waals surface area (Å²) in [6.07, 6.45) is 0.919. The third-order valence-electron chi connectivity index (χ3n) is 6.62. The average Bonchev–Trinajstić information content (AvgIpc) is 2.90. The van der Waals surface area contributed by atoms with Gasteiger partial charge in [-0.15, -0.1) is 0 Å². The first kappa shape index (κ1) is 23.5. The van der Waals surface area contributed by atoms with Crippen molar-refractivity contribution in [3.8, 4) is 11.5 Å². The van der Waals surface area contributed by atoms with Crippen molar-refractivity contribution in [2.75, 3.05) is 37.4 Å². The standard InChI is InChI=1S/C27H28N4O5/c1-35-21-9-7-20(8-10-21)28-27(34)30-14-18-13-19(16-30)24-12-11-23(26(33)31(24)15-18)29-25(32)17-36-22-5-3-2-4-6-22/h2-12,18-19H,13-17H2,1H3,(H,28,34)(H,29,32)/t18-,19+/m0/s1. The van der Waals surface area contributed by atoms with E-state index in [-0.39, 0.29) is 35.7 Å². The van der Waals surface area contributed by atoms with E-state index in [1.54, 1.807) is 54.1 Å². The highest BCUT2D eigenvalue weighted by atomic mass is 16.5. The average molecular weight is 489 g/mol. The molecular formula is C27H28N4O5. The molecule has 0 saturated carbocycles. The molecular weight excluding hydrogens is 460 g/mol. The normalized spacial score (nSPS) is 18.1. The van der Waals surface area contributed by atoms with Crippen LogP contribution in [-0.4, -0.2) is 48.2 Å². The molecule has 2 aromatic carbocycles. The van der Waals surface area contributed by atoms with Gasteiger partial charge in [-0.2, -0.15) is 0 Å². The summed E-state index contributed by atoms with van der Waals surface area (Å²) in [6.45, 7) is 1.40. The molecule has 2 bridgehead atoms. The zero-order valence-corrected chi connectivity index (χ0v) is 20.0. The molecule has 3 heterocycles. The fourth-order valence-electron chi connectivity index (χ4n) is 4.94. The quantitative estimate of drug-likeness (QED) is 0.553. The van der Waals surface area contributed by atoms with Gasteiger partial charge in [0.2, 0.25) is 0 Å². The lowest BCUT2D eigenvalue weighted by Crippen LogP contribution is -2.50. The predicted molar refractivity (Wildman–Crippen MR) is 136 cm³/mol. The highest BCUT2D eigenvalue weighted by molar-refractivity contribution is 5.91. The van der Waals surface area contributed by atoms with Gasteiger partial charge in [0.05, 0.1) is 7.11 Å². The van der Waals surface area contributed by atoms with Crippen molar-refractivity contribution < 1.29 is 19.1 Å². The van der Waals surface area contributed by atoms with E-state index < -0.39 is 5.91 Å². The lowest BCUT2D eigenvalue weighted by Gasteiger charge is -2.42. The second kappa shape index (κ2) is 10.2. The molecule has 0 radical (unpaired) electrons. The summed E-state index contributed by atoms with van der Waals surface area (Å²) in [5.74, 6) is 1.12. The minimum absolute atomic E-state index is 0.0537. The molecule has 36 heavy (non-hydrogen) atoms. The lowest BCUT2D eigenvalue weighted by atomic mass is 9.83. The fraction of sp³-hybridized carbons (Fsp3) is 0.296. The smallest absolute Gasteiger partial charge is 0.321 e.